The molecule has 0 N–H and O–H groups in total. The van der Waals surface area contributed by atoms with Gasteiger partial charge in [-0.05, 0) is 111 Å². The monoisotopic (exact) mass is 355 g/mol. The molecule has 0 aliphatic heterocycles. The van der Waals surface area contributed by atoms with Crippen molar-refractivity contribution in [3.05, 3.63) is 0 Å². The molecule has 4 aliphatic carbocycles. The molecular weight excluding hydrogens is 314 g/mol. The first-order valence-electron chi connectivity index (χ1n) is 11.7. The SMILES string of the molecule is CCC(C)(C#N)C1CCC2C3CCC4(C)CC(C)CCC4C3CCC21C. The van der Waals surface area contributed by atoms with Gasteiger partial charge in [0.2, 0.25) is 0 Å². The lowest BCUT2D eigenvalue weighted by molar-refractivity contribution is -0.109. The van der Waals surface area contributed by atoms with Crippen LogP contribution in [0.25, 0.3) is 0 Å². The molecule has 4 saturated carbocycles. The summed E-state index contributed by atoms with van der Waals surface area (Å²) in [4.78, 5) is 0. The van der Waals surface area contributed by atoms with Crippen LogP contribution in [0.5, 0.6) is 0 Å². The number of fused-ring (bicyclic) bond motifs is 5. The van der Waals surface area contributed by atoms with Gasteiger partial charge in [0.1, 0.15) is 0 Å². The van der Waals surface area contributed by atoms with Gasteiger partial charge in [0.15, 0.2) is 0 Å². The molecule has 26 heavy (non-hydrogen) atoms. The molecule has 0 heterocycles. The van der Waals surface area contributed by atoms with E-state index >= 15 is 0 Å². The molecule has 0 saturated heterocycles. The Morgan fingerprint density at radius 3 is 2.31 bits per heavy atom. The van der Waals surface area contributed by atoms with Crippen LogP contribution < -0.4 is 0 Å². The van der Waals surface area contributed by atoms with Crippen molar-refractivity contribution in [3.63, 3.8) is 0 Å². The molecule has 0 radical (unpaired) electrons. The van der Waals surface area contributed by atoms with E-state index < -0.39 is 0 Å². The lowest BCUT2D eigenvalue weighted by Crippen LogP contribution is -2.52. The quantitative estimate of drug-likeness (QED) is 0.513. The zero-order valence-electron chi connectivity index (χ0n) is 18.0. The number of hydrogen-bond acceptors (Lipinski definition) is 1. The molecule has 0 aromatic rings. The van der Waals surface area contributed by atoms with Crippen LogP contribution in [0.3, 0.4) is 0 Å². The van der Waals surface area contributed by atoms with Gasteiger partial charge in [-0.15, -0.1) is 0 Å². The first kappa shape index (κ1) is 18.8. The van der Waals surface area contributed by atoms with Crippen LogP contribution >= 0.6 is 0 Å². The van der Waals surface area contributed by atoms with E-state index in [-0.39, 0.29) is 5.41 Å². The molecule has 0 amide bonds. The van der Waals surface area contributed by atoms with Crippen LogP contribution in [0.15, 0.2) is 0 Å². The molecule has 146 valence electrons. The van der Waals surface area contributed by atoms with Gasteiger partial charge in [0, 0.05) is 0 Å². The molecule has 0 aromatic carbocycles. The second-order valence-electron chi connectivity index (χ2n) is 11.7. The summed E-state index contributed by atoms with van der Waals surface area (Å²) in [5.74, 6) is 5.41. The fourth-order valence-electron chi connectivity index (χ4n) is 9.06. The zero-order valence-corrected chi connectivity index (χ0v) is 18.0. The average Bonchev–Trinajstić information content (AvgIpc) is 2.98. The molecule has 9 atom stereocenters. The molecule has 0 aromatic heterocycles. The van der Waals surface area contributed by atoms with Crippen LogP contribution in [0.4, 0.5) is 0 Å². The minimum Gasteiger partial charge on any atom is -0.198 e. The highest BCUT2D eigenvalue weighted by Crippen LogP contribution is 2.69. The molecule has 4 rings (SSSR count). The van der Waals surface area contributed by atoms with Crippen molar-refractivity contribution in [1.82, 2.24) is 0 Å². The van der Waals surface area contributed by atoms with E-state index in [9.17, 15) is 5.26 Å². The van der Waals surface area contributed by atoms with Gasteiger partial charge in [-0.2, -0.15) is 5.26 Å². The highest BCUT2D eigenvalue weighted by Gasteiger charge is 2.61. The summed E-state index contributed by atoms with van der Waals surface area (Å²) in [7, 11) is 0. The smallest absolute Gasteiger partial charge is 0.0689 e. The summed E-state index contributed by atoms with van der Waals surface area (Å²) in [6.45, 7) is 12.2. The van der Waals surface area contributed by atoms with Gasteiger partial charge in [0.25, 0.3) is 0 Å². The largest absolute Gasteiger partial charge is 0.198 e. The second kappa shape index (κ2) is 6.25. The maximum absolute atomic E-state index is 9.95. The fraction of sp³-hybridized carbons (Fsp3) is 0.960. The maximum atomic E-state index is 9.95. The van der Waals surface area contributed by atoms with Gasteiger partial charge in [-0.3, -0.25) is 0 Å². The van der Waals surface area contributed by atoms with Crippen LogP contribution in [-0.4, -0.2) is 0 Å². The predicted molar refractivity (Wildman–Crippen MR) is 108 cm³/mol. The van der Waals surface area contributed by atoms with Crippen molar-refractivity contribution in [2.24, 2.45) is 51.8 Å². The van der Waals surface area contributed by atoms with Crippen molar-refractivity contribution >= 4 is 0 Å². The Labute approximate surface area is 162 Å². The number of rotatable bonds is 2. The number of nitrogens with zero attached hydrogens (tertiary/aromatic N) is 1. The Morgan fingerprint density at radius 2 is 1.62 bits per heavy atom. The van der Waals surface area contributed by atoms with Crippen molar-refractivity contribution in [2.75, 3.05) is 0 Å². The summed E-state index contributed by atoms with van der Waals surface area (Å²) in [5.41, 5.74) is 0.951. The zero-order chi connectivity index (χ0) is 18.7. The second-order valence-corrected chi connectivity index (χ2v) is 11.7. The number of hydrogen-bond donors (Lipinski definition) is 0. The summed E-state index contributed by atoms with van der Waals surface area (Å²) in [6, 6.07) is 2.76. The Bertz CT molecular complexity index is 589. The third-order valence-corrected chi connectivity index (χ3v) is 10.5. The molecule has 4 fully saturated rings. The normalized spacial score (nSPS) is 52.9. The summed E-state index contributed by atoms with van der Waals surface area (Å²) < 4.78 is 0. The van der Waals surface area contributed by atoms with Crippen LogP contribution in [0, 0.1) is 63.1 Å². The lowest BCUT2D eigenvalue weighted by Gasteiger charge is -2.60. The van der Waals surface area contributed by atoms with E-state index in [2.05, 4.69) is 40.7 Å². The number of nitriles is 1. The van der Waals surface area contributed by atoms with E-state index in [0.29, 0.717) is 16.7 Å². The van der Waals surface area contributed by atoms with E-state index in [0.717, 1.165) is 36.0 Å². The molecule has 0 spiro atoms. The van der Waals surface area contributed by atoms with E-state index in [1.807, 2.05) is 0 Å². The Kier molecular flexibility index (Phi) is 4.53. The Morgan fingerprint density at radius 1 is 0.962 bits per heavy atom. The fourth-order valence-corrected chi connectivity index (χ4v) is 9.06. The standard InChI is InChI=1S/C25H41N/c1-6-23(3,16-26)22-10-9-21-19-11-13-24(4)15-17(2)7-8-20(24)18(19)12-14-25(21,22)5/h17-22H,6-15H2,1-5H3. The topological polar surface area (TPSA) is 23.8 Å². The van der Waals surface area contributed by atoms with Gasteiger partial charge >= 0.3 is 0 Å². The van der Waals surface area contributed by atoms with E-state index in [1.54, 1.807) is 0 Å². The molecular formula is C25H41N. The first-order chi connectivity index (χ1) is 12.3. The van der Waals surface area contributed by atoms with Crippen LogP contribution in [0.2, 0.25) is 0 Å². The van der Waals surface area contributed by atoms with Gasteiger partial charge < -0.3 is 0 Å². The van der Waals surface area contributed by atoms with E-state index in [4.69, 9.17) is 0 Å². The first-order valence-corrected chi connectivity index (χ1v) is 11.7. The van der Waals surface area contributed by atoms with E-state index in [1.165, 1.54) is 57.8 Å². The third kappa shape index (κ3) is 2.53. The van der Waals surface area contributed by atoms with Gasteiger partial charge in [-0.25, -0.2) is 0 Å². The van der Waals surface area contributed by atoms with Crippen molar-refractivity contribution in [3.8, 4) is 6.07 Å². The molecule has 9 unspecified atom stereocenters. The highest BCUT2D eigenvalue weighted by molar-refractivity contribution is 5.13. The predicted octanol–water partition coefficient (Wildman–Crippen LogP) is 7.22. The Hall–Kier alpha value is -0.510. The van der Waals surface area contributed by atoms with Gasteiger partial charge in [-0.1, -0.05) is 34.1 Å². The van der Waals surface area contributed by atoms with Crippen LogP contribution in [0.1, 0.15) is 98.8 Å². The summed E-state index contributed by atoms with van der Waals surface area (Å²) in [5, 5.41) is 9.95. The molecule has 1 heteroatoms. The van der Waals surface area contributed by atoms with Crippen molar-refractivity contribution in [2.45, 2.75) is 98.8 Å². The lowest BCUT2D eigenvalue weighted by atomic mass is 9.44. The van der Waals surface area contributed by atoms with Gasteiger partial charge in [0.05, 0.1) is 11.5 Å². The molecule has 0 bridgehead atoms. The van der Waals surface area contributed by atoms with Crippen molar-refractivity contribution < 1.29 is 0 Å². The van der Waals surface area contributed by atoms with Crippen molar-refractivity contribution in [1.29, 1.82) is 5.26 Å². The molecule has 1 nitrogen and oxygen atoms in total. The minimum atomic E-state index is -0.111. The third-order valence-electron chi connectivity index (χ3n) is 10.5. The highest BCUT2D eigenvalue weighted by atomic mass is 14.7. The Balaban J connectivity index is 1.60. The molecule has 4 aliphatic rings. The average molecular weight is 356 g/mol. The maximum Gasteiger partial charge on any atom is 0.0689 e. The van der Waals surface area contributed by atoms with Crippen LogP contribution in [-0.2, 0) is 0 Å². The summed E-state index contributed by atoms with van der Waals surface area (Å²) >= 11 is 0. The minimum absolute atomic E-state index is 0.111. The summed E-state index contributed by atoms with van der Waals surface area (Å²) in [6.07, 6.45) is 14.0.